The number of aromatic nitrogens is 2. The van der Waals surface area contributed by atoms with E-state index in [1.807, 2.05) is 0 Å². The third kappa shape index (κ3) is 2.97. The number of fused-ring (bicyclic) bond motifs is 1. The maximum atomic E-state index is 14.0. The highest BCUT2D eigenvalue weighted by molar-refractivity contribution is 5.83. The summed E-state index contributed by atoms with van der Waals surface area (Å²) in [5.74, 6) is -2.62. The highest BCUT2D eigenvalue weighted by atomic mass is 19.1. The van der Waals surface area contributed by atoms with Crippen molar-refractivity contribution in [2.75, 3.05) is 0 Å². The van der Waals surface area contributed by atoms with Crippen molar-refractivity contribution in [3.63, 3.8) is 0 Å². The quantitative estimate of drug-likeness (QED) is 0.462. The smallest absolute Gasteiger partial charge is 0.144 e. The zero-order valence-corrected chi connectivity index (χ0v) is 14.3. The Balaban J connectivity index is 1.81. The minimum absolute atomic E-state index is 0.0316. The van der Waals surface area contributed by atoms with Gasteiger partial charge in [-0.25, -0.2) is 22.5 Å². The Hall–Kier alpha value is -3.15. The molecule has 136 valence electrons. The summed E-state index contributed by atoms with van der Waals surface area (Å²) in [4.78, 5) is 7.24. The van der Waals surface area contributed by atoms with E-state index in [0.717, 1.165) is 12.1 Å². The number of hydrogen-bond donors (Lipinski definition) is 1. The zero-order chi connectivity index (χ0) is 19.1. The second-order valence-corrected chi connectivity index (χ2v) is 6.30. The number of nitrogens with zero attached hydrogens (tertiary/aromatic N) is 1. The van der Waals surface area contributed by atoms with Gasteiger partial charge in [0.2, 0.25) is 0 Å². The third-order valence-corrected chi connectivity index (χ3v) is 4.65. The molecule has 27 heavy (non-hydrogen) atoms. The first-order valence-electron chi connectivity index (χ1n) is 8.31. The van der Waals surface area contributed by atoms with Gasteiger partial charge in [0.25, 0.3) is 0 Å². The van der Waals surface area contributed by atoms with Crippen LogP contribution in [0.4, 0.5) is 17.6 Å². The van der Waals surface area contributed by atoms with Crippen molar-refractivity contribution in [2.24, 2.45) is 0 Å². The van der Waals surface area contributed by atoms with Crippen molar-refractivity contribution in [2.45, 2.75) is 13.3 Å². The summed E-state index contributed by atoms with van der Waals surface area (Å²) in [6.45, 7) is 1.76. The standard InChI is InChI=1S/C21H14F4N2/c1-11-12(10-13-14(22)4-2-5-15(13)23)8-9-18-20(11)27-21(26-18)19-16(24)6-3-7-17(19)25/h2-9H,10H2,1H3,(H,26,27). The van der Waals surface area contributed by atoms with Crippen LogP contribution in [0.5, 0.6) is 0 Å². The largest absolute Gasteiger partial charge is 0.338 e. The van der Waals surface area contributed by atoms with Crippen molar-refractivity contribution in [3.05, 3.63) is 88.5 Å². The van der Waals surface area contributed by atoms with Gasteiger partial charge in [-0.3, -0.25) is 0 Å². The number of benzene rings is 3. The van der Waals surface area contributed by atoms with Gasteiger partial charge in [-0.15, -0.1) is 0 Å². The van der Waals surface area contributed by atoms with Crippen molar-refractivity contribution < 1.29 is 17.6 Å². The van der Waals surface area contributed by atoms with Crippen molar-refractivity contribution in [1.82, 2.24) is 9.97 Å². The first-order chi connectivity index (χ1) is 13.0. The van der Waals surface area contributed by atoms with Crippen molar-refractivity contribution in [3.8, 4) is 11.4 Å². The van der Waals surface area contributed by atoms with Crippen LogP contribution in [-0.4, -0.2) is 9.97 Å². The summed E-state index contributed by atoms with van der Waals surface area (Å²) >= 11 is 0. The fourth-order valence-corrected chi connectivity index (χ4v) is 3.18. The SMILES string of the molecule is Cc1c(Cc2c(F)cccc2F)ccc2[nH]c(-c3c(F)cccc3F)nc12. The van der Waals surface area contributed by atoms with E-state index in [1.54, 1.807) is 19.1 Å². The lowest BCUT2D eigenvalue weighted by molar-refractivity contribution is 0.561. The molecule has 2 nitrogen and oxygen atoms in total. The molecule has 1 N–H and O–H groups in total. The van der Waals surface area contributed by atoms with Crippen LogP contribution in [0.2, 0.25) is 0 Å². The average Bonchev–Trinajstić information content (AvgIpc) is 3.04. The van der Waals surface area contributed by atoms with Gasteiger partial charge in [-0.1, -0.05) is 18.2 Å². The number of rotatable bonds is 3. The second-order valence-electron chi connectivity index (χ2n) is 6.30. The Kier molecular flexibility index (Phi) is 4.18. The molecule has 0 fully saturated rings. The van der Waals surface area contributed by atoms with Crippen LogP contribution >= 0.6 is 0 Å². The van der Waals surface area contributed by atoms with Gasteiger partial charge >= 0.3 is 0 Å². The van der Waals surface area contributed by atoms with Crippen LogP contribution < -0.4 is 0 Å². The number of aryl methyl sites for hydroxylation is 1. The van der Waals surface area contributed by atoms with E-state index in [1.165, 1.54) is 24.3 Å². The maximum absolute atomic E-state index is 14.0. The summed E-state index contributed by atoms with van der Waals surface area (Å²) in [6.07, 6.45) is 0.0521. The molecule has 0 amide bonds. The van der Waals surface area contributed by atoms with E-state index in [-0.39, 0.29) is 23.4 Å². The van der Waals surface area contributed by atoms with E-state index < -0.39 is 23.3 Å². The number of aromatic amines is 1. The van der Waals surface area contributed by atoms with Crippen LogP contribution in [0.3, 0.4) is 0 Å². The summed E-state index contributed by atoms with van der Waals surface area (Å²) in [6, 6.07) is 10.7. The molecule has 3 aromatic carbocycles. The summed E-state index contributed by atoms with van der Waals surface area (Å²) < 4.78 is 56.0. The number of hydrogen-bond acceptors (Lipinski definition) is 1. The Morgan fingerprint density at radius 1 is 0.815 bits per heavy atom. The van der Waals surface area contributed by atoms with Gasteiger partial charge in [-0.2, -0.15) is 0 Å². The first kappa shape index (κ1) is 17.3. The molecule has 0 aliphatic carbocycles. The number of nitrogens with one attached hydrogen (secondary N) is 1. The minimum Gasteiger partial charge on any atom is -0.338 e. The van der Waals surface area contributed by atoms with Crippen molar-refractivity contribution in [1.29, 1.82) is 0 Å². The summed E-state index contributed by atoms with van der Waals surface area (Å²) in [5.41, 5.74) is 2.18. The molecule has 1 heterocycles. The van der Waals surface area contributed by atoms with Gasteiger partial charge in [-0.05, 0) is 48.4 Å². The van der Waals surface area contributed by atoms with Crippen LogP contribution in [0, 0.1) is 30.2 Å². The predicted octanol–water partition coefficient (Wildman–Crippen LogP) is 5.69. The monoisotopic (exact) mass is 370 g/mol. The lowest BCUT2D eigenvalue weighted by Crippen LogP contribution is -1.99. The fraction of sp³-hybridized carbons (Fsp3) is 0.0952. The van der Waals surface area contributed by atoms with E-state index in [4.69, 9.17) is 0 Å². The molecule has 0 radical (unpaired) electrons. The molecule has 4 rings (SSSR count). The average molecular weight is 370 g/mol. The molecule has 0 atom stereocenters. The van der Waals surface area contributed by atoms with E-state index in [9.17, 15) is 17.6 Å². The molecule has 6 heteroatoms. The molecule has 0 saturated heterocycles. The number of imidazole rings is 1. The molecule has 4 aromatic rings. The van der Waals surface area contributed by atoms with Crippen molar-refractivity contribution >= 4 is 11.0 Å². The molecular formula is C21H14F4N2. The molecule has 1 aromatic heterocycles. The van der Waals surface area contributed by atoms with Gasteiger partial charge in [0.15, 0.2) is 0 Å². The van der Waals surface area contributed by atoms with Crippen LogP contribution in [0.1, 0.15) is 16.7 Å². The third-order valence-electron chi connectivity index (χ3n) is 4.65. The Bertz CT molecular complexity index is 1120. The Morgan fingerprint density at radius 2 is 1.41 bits per heavy atom. The van der Waals surface area contributed by atoms with Crippen LogP contribution in [0.15, 0.2) is 48.5 Å². The second kappa shape index (κ2) is 6.54. The molecule has 0 saturated carbocycles. The highest BCUT2D eigenvalue weighted by Crippen LogP contribution is 2.29. The molecular weight excluding hydrogens is 356 g/mol. The van der Waals surface area contributed by atoms with E-state index in [2.05, 4.69) is 9.97 Å². The van der Waals surface area contributed by atoms with E-state index in [0.29, 0.717) is 22.2 Å². The summed E-state index contributed by atoms with van der Waals surface area (Å²) in [5, 5.41) is 0. The number of halogens is 4. The Labute approximate surface area is 152 Å². The minimum atomic E-state index is -0.722. The molecule has 0 bridgehead atoms. The van der Waals surface area contributed by atoms with E-state index >= 15 is 0 Å². The Morgan fingerprint density at radius 3 is 2.04 bits per heavy atom. The van der Waals surface area contributed by atoms with Gasteiger partial charge < -0.3 is 4.98 Å². The molecule has 0 spiro atoms. The van der Waals surface area contributed by atoms with Gasteiger partial charge in [0, 0.05) is 12.0 Å². The predicted molar refractivity (Wildman–Crippen MR) is 95.3 cm³/mol. The van der Waals surface area contributed by atoms with Crippen LogP contribution in [0.25, 0.3) is 22.4 Å². The fourth-order valence-electron chi connectivity index (χ4n) is 3.18. The van der Waals surface area contributed by atoms with Gasteiger partial charge in [0.05, 0.1) is 16.6 Å². The van der Waals surface area contributed by atoms with Gasteiger partial charge in [0.1, 0.15) is 29.1 Å². The first-order valence-corrected chi connectivity index (χ1v) is 8.31. The lowest BCUT2D eigenvalue weighted by Gasteiger charge is -2.08. The molecule has 0 aliphatic rings. The summed E-state index contributed by atoms with van der Waals surface area (Å²) in [7, 11) is 0. The maximum Gasteiger partial charge on any atom is 0.144 e. The van der Waals surface area contributed by atoms with Crippen LogP contribution in [-0.2, 0) is 6.42 Å². The lowest BCUT2D eigenvalue weighted by atomic mass is 9.99. The topological polar surface area (TPSA) is 28.7 Å². The zero-order valence-electron chi connectivity index (χ0n) is 14.3. The highest BCUT2D eigenvalue weighted by Gasteiger charge is 2.17. The molecule has 0 unspecified atom stereocenters. The normalized spacial score (nSPS) is 11.3. The molecule has 0 aliphatic heterocycles. The number of H-pyrrole nitrogens is 1.